The fourth-order valence-electron chi connectivity index (χ4n) is 2.45. The van der Waals surface area contributed by atoms with E-state index in [0.717, 1.165) is 11.1 Å². The van der Waals surface area contributed by atoms with E-state index in [1.807, 2.05) is 44.2 Å². The van der Waals surface area contributed by atoms with Gasteiger partial charge in [0.05, 0.1) is 0 Å². The summed E-state index contributed by atoms with van der Waals surface area (Å²) < 4.78 is 0. The topological polar surface area (TPSA) is 37.3 Å². The molecular weight excluding hydrogens is 236 g/mol. The molecule has 1 aliphatic rings. The number of carbonyl (C=O) groups is 1. The Balaban J connectivity index is 3.09. The van der Waals surface area contributed by atoms with E-state index in [0.29, 0.717) is 12.0 Å². The molecule has 0 aromatic heterocycles. The van der Waals surface area contributed by atoms with E-state index in [2.05, 4.69) is 13.8 Å². The predicted molar refractivity (Wildman–Crippen MR) is 79.8 cm³/mol. The highest BCUT2D eigenvalue weighted by atomic mass is 16.3. The van der Waals surface area contributed by atoms with E-state index in [1.54, 1.807) is 6.92 Å². The van der Waals surface area contributed by atoms with Crippen LogP contribution in [-0.4, -0.2) is 17.0 Å². The molecule has 0 amide bonds. The Morgan fingerprint density at radius 1 is 1.42 bits per heavy atom. The Bertz CT molecular complexity index is 473. The van der Waals surface area contributed by atoms with Crippen LogP contribution < -0.4 is 0 Å². The number of hydrogen-bond donors (Lipinski definition) is 1. The molecule has 0 spiro atoms. The van der Waals surface area contributed by atoms with Crippen LogP contribution in [0.2, 0.25) is 0 Å². The van der Waals surface area contributed by atoms with Crippen LogP contribution in [0.3, 0.4) is 0 Å². The lowest BCUT2D eigenvalue weighted by atomic mass is 9.71. The molecule has 0 aromatic rings. The van der Waals surface area contributed by atoms with Crippen molar-refractivity contribution in [3.63, 3.8) is 0 Å². The maximum atomic E-state index is 11.9. The molecule has 104 valence electrons. The van der Waals surface area contributed by atoms with E-state index >= 15 is 0 Å². The van der Waals surface area contributed by atoms with Gasteiger partial charge in [-0.25, -0.2) is 0 Å². The van der Waals surface area contributed by atoms with Crippen molar-refractivity contribution >= 4 is 5.78 Å². The van der Waals surface area contributed by atoms with Gasteiger partial charge in [0.15, 0.2) is 5.78 Å². The first-order chi connectivity index (χ1) is 8.79. The van der Waals surface area contributed by atoms with E-state index in [9.17, 15) is 9.90 Å². The van der Waals surface area contributed by atoms with Gasteiger partial charge in [-0.15, -0.1) is 0 Å². The van der Waals surface area contributed by atoms with Gasteiger partial charge < -0.3 is 5.11 Å². The molecule has 0 bridgehead atoms. The second-order valence-electron chi connectivity index (χ2n) is 5.78. The Kier molecular flexibility index (Phi) is 5.07. The minimum absolute atomic E-state index is 0.144. The van der Waals surface area contributed by atoms with Gasteiger partial charge in [0.2, 0.25) is 0 Å². The van der Waals surface area contributed by atoms with Crippen LogP contribution in [0.5, 0.6) is 0 Å². The van der Waals surface area contributed by atoms with Gasteiger partial charge in [-0.05, 0) is 43.8 Å². The molecular formula is C17H24O2. The molecule has 1 rings (SSSR count). The normalized spacial score (nSPS) is 24.8. The van der Waals surface area contributed by atoms with Crippen LogP contribution in [0.1, 0.15) is 41.0 Å². The monoisotopic (exact) mass is 260 g/mol. The fraction of sp³-hybridized carbons (Fsp3) is 0.471. The highest BCUT2D eigenvalue weighted by Gasteiger charge is 2.36. The van der Waals surface area contributed by atoms with Crippen LogP contribution in [0, 0.1) is 5.41 Å². The van der Waals surface area contributed by atoms with Crippen molar-refractivity contribution in [1.29, 1.82) is 0 Å². The molecule has 2 nitrogen and oxygen atoms in total. The molecule has 1 aliphatic carbocycles. The van der Waals surface area contributed by atoms with Gasteiger partial charge in [-0.2, -0.15) is 0 Å². The maximum Gasteiger partial charge on any atom is 0.187 e. The maximum absolute atomic E-state index is 11.9. The quantitative estimate of drug-likeness (QED) is 0.785. The van der Waals surface area contributed by atoms with E-state index in [4.69, 9.17) is 0 Å². The summed E-state index contributed by atoms with van der Waals surface area (Å²) in [6.45, 7) is 9.94. The highest BCUT2D eigenvalue weighted by molar-refractivity contribution is 6.00. The van der Waals surface area contributed by atoms with Gasteiger partial charge in [0, 0.05) is 0 Å². The molecule has 0 saturated carbocycles. The van der Waals surface area contributed by atoms with E-state index in [1.165, 1.54) is 0 Å². The third-order valence-corrected chi connectivity index (χ3v) is 3.57. The van der Waals surface area contributed by atoms with Gasteiger partial charge in [0.1, 0.15) is 6.10 Å². The molecule has 0 saturated heterocycles. The number of aliphatic hydroxyl groups excluding tert-OH is 1. The molecule has 0 radical (unpaired) electrons. The van der Waals surface area contributed by atoms with Gasteiger partial charge in [-0.1, -0.05) is 49.8 Å². The van der Waals surface area contributed by atoms with Gasteiger partial charge in [0.25, 0.3) is 0 Å². The number of allylic oxidation sites excluding steroid dienone is 7. The Morgan fingerprint density at radius 3 is 2.63 bits per heavy atom. The first-order valence-corrected chi connectivity index (χ1v) is 6.71. The third kappa shape index (κ3) is 3.77. The van der Waals surface area contributed by atoms with Crippen LogP contribution in [0.4, 0.5) is 0 Å². The van der Waals surface area contributed by atoms with E-state index in [-0.39, 0.29) is 11.2 Å². The van der Waals surface area contributed by atoms with Crippen LogP contribution in [0.25, 0.3) is 0 Å². The standard InChI is InChI=1S/C17H24O2/c1-6-7-8-12(2)9-10-14-13(3)16(19)15(18)11-17(14,4)5/h6-10,15,18H,11H2,1-5H3/b7-6+,10-9+,12-8+. The second kappa shape index (κ2) is 6.16. The number of aliphatic hydroxyl groups is 1. The molecule has 1 atom stereocenters. The summed E-state index contributed by atoms with van der Waals surface area (Å²) in [7, 11) is 0. The number of carbonyl (C=O) groups excluding carboxylic acids is 1. The lowest BCUT2D eigenvalue weighted by molar-refractivity contribution is -0.125. The van der Waals surface area contributed by atoms with Crippen LogP contribution in [0.15, 0.2) is 47.1 Å². The largest absolute Gasteiger partial charge is 0.385 e. The number of ketones is 1. The summed E-state index contributed by atoms with van der Waals surface area (Å²) in [6, 6.07) is 0. The zero-order chi connectivity index (χ0) is 14.6. The summed E-state index contributed by atoms with van der Waals surface area (Å²) in [5, 5.41) is 9.77. The molecule has 2 heteroatoms. The Labute approximate surface area is 116 Å². The second-order valence-corrected chi connectivity index (χ2v) is 5.78. The Morgan fingerprint density at radius 2 is 2.05 bits per heavy atom. The Hall–Kier alpha value is -1.41. The molecule has 19 heavy (non-hydrogen) atoms. The summed E-state index contributed by atoms with van der Waals surface area (Å²) in [5.74, 6) is -0.144. The first-order valence-electron chi connectivity index (χ1n) is 6.71. The minimum atomic E-state index is -0.855. The summed E-state index contributed by atoms with van der Waals surface area (Å²) in [5.41, 5.74) is 2.66. The van der Waals surface area contributed by atoms with Crippen molar-refractivity contribution in [2.75, 3.05) is 0 Å². The van der Waals surface area contributed by atoms with Crippen molar-refractivity contribution < 1.29 is 9.90 Å². The van der Waals surface area contributed by atoms with Crippen molar-refractivity contribution in [2.24, 2.45) is 5.41 Å². The molecule has 0 aromatic carbocycles. The SMILES string of the molecule is C/C=C/C=C(C)/C=C/C1=C(C)C(=O)C(O)CC1(C)C. The third-order valence-electron chi connectivity index (χ3n) is 3.57. The van der Waals surface area contributed by atoms with Crippen molar-refractivity contribution in [2.45, 2.75) is 47.1 Å². The summed E-state index contributed by atoms with van der Waals surface area (Å²) in [4.78, 5) is 11.9. The lowest BCUT2D eigenvalue weighted by Gasteiger charge is -2.34. The molecule has 0 fully saturated rings. The first kappa shape index (κ1) is 15.6. The minimum Gasteiger partial charge on any atom is -0.385 e. The molecule has 0 aliphatic heterocycles. The number of Topliss-reactive ketones (excluding diaryl/α,β-unsaturated/α-hetero) is 1. The van der Waals surface area contributed by atoms with Crippen molar-refractivity contribution in [1.82, 2.24) is 0 Å². The fourth-order valence-corrected chi connectivity index (χ4v) is 2.45. The van der Waals surface area contributed by atoms with Crippen molar-refractivity contribution in [3.8, 4) is 0 Å². The average molecular weight is 260 g/mol. The smallest absolute Gasteiger partial charge is 0.187 e. The van der Waals surface area contributed by atoms with Gasteiger partial charge in [-0.3, -0.25) is 4.79 Å². The van der Waals surface area contributed by atoms with Crippen LogP contribution >= 0.6 is 0 Å². The zero-order valence-corrected chi connectivity index (χ0v) is 12.5. The molecule has 1 N–H and O–H groups in total. The summed E-state index contributed by atoms with van der Waals surface area (Å²) in [6.07, 6.45) is 9.65. The zero-order valence-electron chi connectivity index (χ0n) is 12.5. The van der Waals surface area contributed by atoms with Crippen LogP contribution in [-0.2, 0) is 4.79 Å². The molecule has 0 heterocycles. The van der Waals surface area contributed by atoms with Crippen molar-refractivity contribution in [3.05, 3.63) is 47.1 Å². The average Bonchev–Trinajstić information content (AvgIpc) is 2.32. The number of hydrogen-bond acceptors (Lipinski definition) is 2. The number of rotatable bonds is 3. The van der Waals surface area contributed by atoms with Gasteiger partial charge >= 0.3 is 0 Å². The summed E-state index contributed by atoms with van der Waals surface area (Å²) >= 11 is 0. The highest BCUT2D eigenvalue weighted by Crippen LogP contribution is 2.39. The van der Waals surface area contributed by atoms with E-state index < -0.39 is 6.10 Å². The lowest BCUT2D eigenvalue weighted by Crippen LogP contribution is -2.35. The predicted octanol–water partition coefficient (Wildman–Crippen LogP) is 3.74. The molecule has 1 unspecified atom stereocenters.